The lowest BCUT2D eigenvalue weighted by Gasteiger charge is -2.37. The van der Waals surface area contributed by atoms with E-state index in [9.17, 15) is 4.79 Å². The second kappa shape index (κ2) is 6.58. The first-order valence-electron chi connectivity index (χ1n) is 9.03. The van der Waals surface area contributed by atoms with Gasteiger partial charge in [-0.15, -0.1) is 0 Å². The lowest BCUT2D eigenvalue weighted by Crippen LogP contribution is -2.51. The molecule has 0 aromatic carbocycles. The molecular formula is C18H20N6O3. The zero-order valence-corrected chi connectivity index (χ0v) is 14.7. The van der Waals surface area contributed by atoms with Gasteiger partial charge in [0.1, 0.15) is 5.65 Å². The monoisotopic (exact) mass is 368 g/mol. The average Bonchev–Trinajstić information content (AvgIpc) is 3.33. The summed E-state index contributed by atoms with van der Waals surface area (Å²) in [4.78, 5) is 24.0. The zero-order chi connectivity index (χ0) is 18.2. The molecule has 2 fully saturated rings. The minimum absolute atomic E-state index is 0.0865. The van der Waals surface area contributed by atoms with Crippen molar-refractivity contribution in [2.24, 2.45) is 0 Å². The van der Waals surface area contributed by atoms with Crippen LogP contribution in [0.4, 0.5) is 10.5 Å². The van der Waals surface area contributed by atoms with Gasteiger partial charge in [-0.2, -0.15) is 5.10 Å². The number of aromatic nitrogens is 4. The summed E-state index contributed by atoms with van der Waals surface area (Å²) in [6.07, 6.45) is 5.11. The maximum atomic E-state index is 12.2. The highest BCUT2D eigenvalue weighted by molar-refractivity contribution is 5.93. The number of nitrogens with one attached hydrogen (secondary N) is 2. The van der Waals surface area contributed by atoms with E-state index in [-0.39, 0.29) is 12.2 Å². The van der Waals surface area contributed by atoms with Crippen LogP contribution in [-0.2, 0) is 9.47 Å². The molecule has 2 aliphatic heterocycles. The molecule has 1 amide bonds. The number of pyridine rings is 1. The molecular weight excluding hydrogens is 348 g/mol. The largest absolute Gasteiger partial charge is 0.441 e. The third-order valence-electron chi connectivity index (χ3n) is 5.07. The number of aromatic amines is 2. The lowest BCUT2D eigenvalue weighted by molar-refractivity contribution is -0.104. The Balaban J connectivity index is 1.32. The summed E-state index contributed by atoms with van der Waals surface area (Å²) < 4.78 is 10.5. The predicted octanol–water partition coefficient (Wildman–Crippen LogP) is 1.61. The zero-order valence-electron chi connectivity index (χ0n) is 14.7. The molecule has 2 saturated heterocycles. The van der Waals surface area contributed by atoms with Crippen LogP contribution in [0.25, 0.3) is 22.3 Å². The summed E-state index contributed by atoms with van der Waals surface area (Å²) in [6, 6.07) is 4.12. The smallest absolute Gasteiger partial charge is 0.410 e. The van der Waals surface area contributed by atoms with Gasteiger partial charge in [0.15, 0.2) is 6.10 Å². The van der Waals surface area contributed by atoms with Gasteiger partial charge in [-0.1, -0.05) is 0 Å². The summed E-state index contributed by atoms with van der Waals surface area (Å²) in [5.74, 6) is 0. The predicted molar refractivity (Wildman–Crippen MR) is 98.5 cm³/mol. The number of anilines is 1. The van der Waals surface area contributed by atoms with Crippen LogP contribution in [0.15, 0.2) is 30.7 Å². The molecule has 5 heterocycles. The van der Waals surface area contributed by atoms with E-state index in [2.05, 4.69) is 31.1 Å². The van der Waals surface area contributed by atoms with Crippen LogP contribution in [0, 0.1) is 0 Å². The van der Waals surface area contributed by atoms with Gasteiger partial charge in [0, 0.05) is 55.2 Å². The summed E-state index contributed by atoms with van der Waals surface area (Å²) in [5.41, 5.74) is 3.93. The summed E-state index contributed by atoms with van der Waals surface area (Å²) in [7, 11) is 0. The van der Waals surface area contributed by atoms with Gasteiger partial charge in [-0.3, -0.25) is 5.10 Å². The molecule has 0 spiro atoms. The second-order valence-corrected chi connectivity index (χ2v) is 6.78. The van der Waals surface area contributed by atoms with E-state index in [4.69, 9.17) is 9.47 Å². The van der Waals surface area contributed by atoms with Crippen molar-refractivity contribution in [2.45, 2.75) is 6.10 Å². The molecule has 3 aromatic heterocycles. The first kappa shape index (κ1) is 16.1. The number of carbonyl (C=O) groups is 1. The van der Waals surface area contributed by atoms with Gasteiger partial charge >= 0.3 is 6.09 Å². The van der Waals surface area contributed by atoms with Gasteiger partial charge in [0.25, 0.3) is 0 Å². The Labute approximate surface area is 155 Å². The van der Waals surface area contributed by atoms with E-state index in [1.807, 2.05) is 18.5 Å². The van der Waals surface area contributed by atoms with Crippen molar-refractivity contribution in [3.8, 4) is 11.3 Å². The standard InChI is InChI=1S/C18H20N6O3/c25-18(27-13-10-26-11-13)24-5-3-23(4-6-24)16-1-2-19-17-14(16)7-15(22-17)12-8-20-21-9-12/h1-2,7-9,13H,3-6,10-11H2,(H,19,22)(H,20,21). The Morgan fingerprint density at radius 2 is 2.11 bits per heavy atom. The number of amides is 1. The quantitative estimate of drug-likeness (QED) is 0.729. The topological polar surface area (TPSA) is 99.4 Å². The van der Waals surface area contributed by atoms with Gasteiger partial charge in [0.05, 0.1) is 25.1 Å². The number of H-pyrrole nitrogens is 2. The second-order valence-electron chi connectivity index (χ2n) is 6.78. The van der Waals surface area contributed by atoms with Crippen LogP contribution < -0.4 is 4.90 Å². The highest BCUT2D eigenvalue weighted by Gasteiger charge is 2.28. The number of fused-ring (bicyclic) bond motifs is 1. The minimum atomic E-state index is -0.244. The molecule has 9 nitrogen and oxygen atoms in total. The molecule has 140 valence electrons. The van der Waals surface area contributed by atoms with Crippen LogP contribution >= 0.6 is 0 Å². The van der Waals surface area contributed by atoms with Gasteiger partial charge < -0.3 is 24.3 Å². The Morgan fingerprint density at radius 3 is 2.81 bits per heavy atom. The first-order valence-corrected chi connectivity index (χ1v) is 9.03. The molecule has 0 saturated carbocycles. The van der Waals surface area contributed by atoms with Crippen molar-refractivity contribution in [1.82, 2.24) is 25.1 Å². The van der Waals surface area contributed by atoms with Crippen LogP contribution in [0.5, 0.6) is 0 Å². The number of carbonyl (C=O) groups excluding carboxylic acids is 1. The van der Waals surface area contributed by atoms with Crippen LogP contribution in [0.1, 0.15) is 0 Å². The van der Waals surface area contributed by atoms with E-state index >= 15 is 0 Å². The van der Waals surface area contributed by atoms with E-state index < -0.39 is 0 Å². The SMILES string of the molecule is O=C(OC1COC1)N1CCN(c2ccnc3[nH]c(-c4cn[nH]c4)cc23)CC1. The average molecular weight is 368 g/mol. The molecule has 0 unspecified atom stereocenters. The number of piperazine rings is 1. The van der Waals surface area contributed by atoms with Crippen molar-refractivity contribution in [3.05, 3.63) is 30.7 Å². The molecule has 2 aliphatic rings. The van der Waals surface area contributed by atoms with Crippen LogP contribution in [0.3, 0.4) is 0 Å². The van der Waals surface area contributed by atoms with Crippen molar-refractivity contribution < 1.29 is 14.3 Å². The summed E-state index contributed by atoms with van der Waals surface area (Å²) >= 11 is 0. The molecule has 9 heteroatoms. The molecule has 27 heavy (non-hydrogen) atoms. The molecule has 3 aromatic rings. The molecule has 0 aliphatic carbocycles. The van der Waals surface area contributed by atoms with Crippen molar-refractivity contribution in [3.63, 3.8) is 0 Å². The van der Waals surface area contributed by atoms with Crippen molar-refractivity contribution in [2.75, 3.05) is 44.3 Å². The van der Waals surface area contributed by atoms with E-state index in [1.165, 1.54) is 0 Å². The molecule has 0 atom stereocenters. The number of rotatable bonds is 3. The van der Waals surface area contributed by atoms with Crippen LogP contribution in [0.2, 0.25) is 0 Å². The molecule has 2 N–H and O–H groups in total. The maximum Gasteiger partial charge on any atom is 0.410 e. The fourth-order valence-corrected chi connectivity index (χ4v) is 3.47. The summed E-state index contributed by atoms with van der Waals surface area (Å²) in [6.45, 7) is 3.79. The Kier molecular flexibility index (Phi) is 3.93. The molecule has 0 radical (unpaired) electrons. The van der Waals surface area contributed by atoms with Crippen molar-refractivity contribution >= 4 is 22.8 Å². The Morgan fingerprint density at radius 1 is 1.26 bits per heavy atom. The lowest BCUT2D eigenvalue weighted by atomic mass is 10.2. The Hall–Kier alpha value is -3.07. The van der Waals surface area contributed by atoms with Gasteiger partial charge in [-0.25, -0.2) is 9.78 Å². The highest BCUT2D eigenvalue weighted by atomic mass is 16.6. The number of hydrogen-bond donors (Lipinski definition) is 2. The maximum absolute atomic E-state index is 12.2. The van der Waals surface area contributed by atoms with Gasteiger partial charge in [-0.05, 0) is 12.1 Å². The first-order chi connectivity index (χ1) is 13.3. The number of nitrogens with zero attached hydrogens (tertiary/aromatic N) is 4. The molecule has 0 bridgehead atoms. The highest BCUT2D eigenvalue weighted by Crippen LogP contribution is 2.30. The fraction of sp³-hybridized carbons (Fsp3) is 0.389. The van der Waals surface area contributed by atoms with Gasteiger partial charge in [0.2, 0.25) is 0 Å². The molecule has 5 rings (SSSR count). The third-order valence-corrected chi connectivity index (χ3v) is 5.07. The third kappa shape index (κ3) is 2.99. The Bertz CT molecular complexity index is 941. The minimum Gasteiger partial charge on any atom is -0.441 e. The van der Waals surface area contributed by atoms with Crippen LogP contribution in [-0.4, -0.2) is 76.7 Å². The number of hydrogen-bond acceptors (Lipinski definition) is 6. The van der Waals surface area contributed by atoms with E-state index in [0.717, 1.165) is 41.1 Å². The normalized spacial score (nSPS) is 17.9. The fourth-order valence-electron chi connectivity index (χ4n) is 3.47. The van der Waals surface area contributed by atoms with E-state index in [1.54, 1.807) is 11.1 Å². The van der Waals surface area contributed by atoms with Crippen molar-refractivity contribution in [1.29, 1.82) is 0 Å². The summed E-state index contributed by atoms with van der Waals surface area (Å²) in [5, 5.41) is 7.90. The number of ether oxygens (including phenoxy) is 2. The van der Waals surface area contributed by atoms with E-state index in [0.29, 0.717) is 26.3 Å².